The van der Waals surface area contributed by atoms with Crippen LogP contribution in [0.5, 0.6) is 0 Å². The molecule has 1 aromatic carbocycles. The standard InChI is InChI=1S/C14H10N6/c15-8-11-2-1-7-17-14(11)20-9-18-13(19-20)10-3-5-12(16)6-4-10/h1-7,9H,16H2. The molecular formula is C14H10N6. The maximum absolute atomic E-state index is 9.07. The number of hydrogen-bond donors (Lipinski definition) is 1. The first-order valence-electron chi connectivity index (χ1n) is 5.91. The first-order chi connectivity index (χ1) is 9.78. The molecule has 6 nitrogen and oxygen atoms in total. The Morgan fingerprint density at radius 3 is 2.65 bits per heavy atom. The Bertz CT molecular complexity index is 782. The highest BCUT2D eigenvalue weighted by molar-refractivity contribution is 5.58. The lowest BCUT2D eigenvalue weighted by molar-refractivity contribution is 0.844. The maximum atomic E-state index is 9.07. The number of nitrogens with two attached hydrogens (primary N) is 1. The topological polar surface area (TPSA) is 93.4 Å². The number of hydrogen-bond acceptors (Lipinski definition) is 5. The van der Waals surface area contributed by atoms with E-state index in [1.54, 1.807) is 30.5 Å². The molecule has 2 N–H and O–H groups in total. The molecule has 0 amide bonds. The predicted molar refractivity (Wildman–Crippen MR) is 73.7 cm³/mol. The van der Waals surface area contributed by atoms with Crippen LogP contribution in [0.15, 0.2) is 48.9 Å². The number of nitrogens with zero attached hydrogens (tertiary/aromatic N) is 5. The van der Waals surface area contributed by atoms with Gasteiger partial charge in [-0.3, -0.25) is 0 Å². The van der Waals surface area contributed by atoms with E-state index in [1.807, 2.05) is 12.1 Å². The highest BCUT2D eigenvalue weighted by Gasteiger charge is 2.09. The molecule has 0 aliphatic rings. The van der Waals surface area contributed by atoms with E-state index in [2.05, 4.69) is 21.1 Å². The van der Waals surface area contributed by atoms with Gasteiger partial charge < -0.3 is 5.73 Å². The first-order valence-corrected chi connectivity index (χ1v) is 5.91. The quantitative estimate of drug-likeness (QED) is 0.710. The van der Waals surface area contributed by atoms with Crippen LogP contribution >= 0.6 is 0 Å². The Hall–Kier alpha value is -3.20. The molecule has 0 aliphatic heterocycles. The van der Waals surface area contributed by atoms with E-state index in [-0.39, 0.29) is 0 Å². The number of rotatable bonds is 2. The molecule has 0 aliphatic carbocycles. The van der Waals surface area contributed by atoms with Crippen LogP contribution < -0.4 is 5.73 Å². The van der Waals surface area contributed by atoms with Gasteiger partial charge in [-0.15, -0.1) is 5.10 Å². The molecule has 3 aromatic rings. The number of nitriles is 1. The predicted octanol–water partition coefficient (Wildman–Crippen LogP) is 1.78. The van der Waals surface area contributed by atoms with Crippen molar-refractivity contribution in [3.05, 3.63) is 54.5 Å². The van der Waals surface area contributed by atoms with Crippen molar-refractivity contribution in [3.63, 3.8) is 0 Å². The monoisotopic (exact) mass is 262 g/mol. The Morgan fingerprint density at radius 1 is 1.10 bits per heavy atom. The largest absolute Gasteiger partial charge is 0.399 e. The van der Waals surface area contributed by atoms with Crippen molar-refractivity contribution in [2.45, 2.75) is 0 Å². The van der Waals surface area contributed by atoms with Crippen molar-refractivity contribution >= 4 is 5.69 Å². The molecule has 0 unspecified atom stereocenters. The normalized spacial score (nSPS) is 10.2. The number of nitrogen functional groups attached to an aromatic ring is 1. The fourth-order valence-electron chi connectivity index (χ4n) is 1.80. The molecule has 20 heavy (non-hydrogen) atoms. The molecule has 0 spiro atoms. The number of aromatic nitrogens is 4. The van der Waals surface area contributed by atoms with Crippen molar-refractivity contribution in [2.75, 3.05) is 5.73 Å². The van der Waals surface area contributed by atoms with Gasteiger partial charge in [-0.2, -0.15) is 5.26 Å². The van der Waals surface area contributed by atoms with E-state index in [0.717, 1.165) is 5.56 Å². The van der Waals surface area contributed by atoms with Gasteiger partial charge in [-0.05, 0) is 36.4 Å². The van der Waals surface area contributed by atoms with E-state index in [1.165, 1.54) is 11.0 Å². The minimum absolute atomic E-state index is 0.446. The molecule has 0 radical (unpaired) electrons. The number of pyridine rings is 1. The minimum atomic E-state index is 0.446. The molecule has 2 aromatic heterocycles. The lowest BCUT2D eigenvalue weighted by Crippen LogP contribution is -2.01. The molecular weight excluding hydrogens is 252 g/mol. The van der Waals surface area contributed by atoms with Crippen LogP contribution in [0.1, 0.15) is 5.56 Å². The number of benzene rings is 1. The van der Waals surface area contributed by atoms with Crippen LogP contribution in [0.3, 0.4) is 0 Å². The summed E-state index contributed by atoms with van der Waals surface area (Å²) in [5.74, 6) is 1.02. The lowest BCUT2D eigenvalue weighted by Gasteiger charge is -2.00. The Balaban J connectivity index is 2.02. The van der Waals surface area contributed by atoms with Gasteiger partial charge in [0.25, 0.3) is 0 Å². The van der Waals surface area contributed by atoms with Gasteiger partial charge in [0.1, 0.15) is 12.4 Å². The summed E-state index contributed by atoms with van der Waals surface area (Å²) in [6, 6.07) is 12.7. The van der Waals surface area contributed by atoms with Crippen molar-refractivity contribution in [2.24, 2.45) is 0 Å². The zero-order valence-corrected chi connectivity index (χ0v) is 10.4. The summed E-state index contributed by atoms with van der Waals surface area (Å²) in [4.78, 5) is 8.39. The van der Waals surface area contributed by atoms with Crippen LogP contribution in [0.4, 0.5) is 5.69 Å². The van der Waals surface area contributed by atoms with Gasteiger partial charge in [0.2, 0.25) is 0 Å². The third-order valence-corrected chi connectivity index (χ3v) is 2.78. The van der Waals surface area contributed by atoms with E-state index >= 15 is 0 Å². The fourth-order valence-corrected chi connectivity index (χ4v) is 1.80. The average Bonchev–Trinajstić information content (AvgIpc) is 2.97. The zero-order chi connectivity index (χ0) is 13.9. The van der Waals surface area contributed by atoms with Crippen molar-refractivity contribution < 1.29 is 0 Å². The first kappa shape index (κ1) is 11.9. The van der Waals surface area contributed by atoms with Gasteiger partial charge >= 0.3 is 0 Å². The highest BCUT2D eigenvalue weighted by atomic mass is 15.4. The summed E-state index contributed by atoms with van der Waals surface area (Å²) in [6.45, 7) is 0. The second-order valence-electron chi connectivity index (χ2n) is 4.12. The SMILES string of the molecule is N#Cc1cccnc1-n1cnc(-c2ccc(N)cc2)n1. The van der Waals surface area contributed by atoms with E-state index in [9.17, 15) is 0 Å². The van der Waals surface area contributed by atoms with E-state index in [0.29, 0.717) is 22.9 Å². The smallest absolute Gasteiger partial charge is 0.181 e. The third-order valence-electron chi connectivity index (χ3n) is 2.78. The van der Waals surface area contributed by atoms with Gasteiger partial charge in [0.15, 0.2) is 11.6 Å². The molecule has 0 fully saturated rings. The molecule has 0 bridgehead atoms. The molecule has 0 saturated carbocycles. The molecule has 96 valence electrons. The number of anilines is 1. The van der Waals surface area contributed by atoms with Gasteiger partial charge in [-0.25, -0.2) is 14.6 Å². The zero-order valence-electron chi connectivity index (χ0n) is 10.4. The van der Waals surface area contributed by atoms with E-state index < -0.39 is 0 Å². The van der Waals surface area contributed by atoms with Crippen LogP contribution in [0.2, 0.25) is 0 Å². The van der Waals surface area contributed by atoms with Gasteiger partial charge in [0.05, 0.1) is 5.56 Å². The summed E-state index contributed by atoms with van der Waals surface area (Å²) in [7, 11) is 0. The second-order valence-corrected chi connectivity index (χ2v) is 4.12. The second kappa shape index (κ2) is 4.82. The molecule has 2 heterocycles. The Labute approximate surface area is 115 Å². The summed E-state index contributed by atoms with van der Waals surface area (Å²) in [6.07, 6.45) is 3.15. The summed E-state index contributed by atoms with van der Waals surface area (Å²) < 4.78 is 1.49. The maximum Gasteiger partial charge on any atom is 0.181 e. The van der Waals surface area contributed by atoms with Crippen LogP contribution in [-0.2, 0) is 0 Å². The van der Waals surface area contributed by atoms with Crippen molar-refractivity contribution in [3.8, 4) is 23.3 Å². The molecule has 3 rings (SSSR count). The Morgan fingerprint density at radius 2 is 1.90 bits per heavy atom. The lowest BCUT2D eigenvalue weighted by atomic mass is 10.2. The molecule has 0 saturated heterocycles. The van der Waals surface area contributed by atoms with Gasteiger partial charge in [-0.1, -0.05) is 0 Å². The van der Waals surface area contributed by atoms with Crippen LogP contribution in [-0.4, -0.2) is 19.7 Å². The molecule has 6 heteroatoms. The summed E-state index contributed by atoms with van der Waals surface area (Å²) in [5.41, 5.74) is 7.63. The fraction of sp³-hybridized carbons (Fsp3) is 0. The minimum Gasteiger partial charge on any atom is -0.399 e. The molecule has 0 atom stereocenters. The summed E-state index contributed by atoms with van der Waals surface area (Å²) in [5, 5.41) is 13.4. The van der Waals surface area contributed by atoms with Crippen LogP contribution in [0.25, 0.3) is 17.2 Å². The Kier molecular flexibility index (Phi) is 2.86. The van der Waals surface area contributed by atoms with Gasteiger partial charge in [0, 0.05) is 17.4 Å². The third kappa shape index (κ3) is 2.08. The highest BCUT2D eigenvalue weighted by Crippen LogP contribution is 2.17. The van der Waals surface area contributed by atoms with Crippen molar-refractivity contribution in [1.82, 2.24) is 19.7 Å². The average molecular weight is 262 g/mol. The summed E-state index contributed by atoms with van der Waals surface area (Å²) >= 11 is 0. The van der Waals surface area contributed by atoms with Crippen molar-refractivity contribution in [1.29, 1.82) is 5.26 Å². The van der Waals surface area contributed by atoms with Crippen LogP contribution in [0, 0.1) is 11.3 Å². The van der Waals surface area contributed by atoms with E-state index in [4.69, 9.17) is 11.0 Å².